The van der Waals surface area contributed by atoms with Crippen molar-refractivity contribution in [2.75, 3.05) is 13.2 Å². The third-order valence-electron chi connectivity index (χ3n) is 5.57. The Hall–Kier alpha value is -0.900. The number of hydrogen-bond acceptors (Lipinski definition) is 3. The maximum absolute atomic E-state index is 10.7. The van der Waals surface area contributed by atoms with Crippen LogP contribution in [0.15, 0.2) is 24.3 Å². The Balaban J connectivity index is 1.76. The zero-order valence-corrected chi connectivity index (χ0v) is 17.2. The molecular weight excluding hydrogens is 324 g/mol. The Morgan fingerprint density at radius 2 is 1.42 bits per heavy atom. The molecule has 1 heterocycles. The van der Waals surface area contributed by atoms with E-state index in [1.54, 1.807) is 0 Å². The highest BCUT2D eigenvalue weighted by atomic mass is 16.7. The Morgan fingerprint density at radius 1 is 0.885 bits per heavy atom. The molecule has 0 aromatic heterocycles. The van der Waals surface area contributed by atoms with Crippen LogP contribution in [0.5, 0.6) is 0 Å². The van der Waals surface area contributed by atoms with Crippen molar-refractivity contribution < 1.29 is 14.6 Å². The Bertz CT molecular complexity index is 511. The van der Waals surface area contributed by atoms with Crippen LogP contribution in [0.3, 0.4) is 0 Å². The monoisotopic (exact) mass is 362 g/mol. The van der Waals surface area contributed by atoms with E-state index in [0.717, 1.165) is 6.42 Å². The molecule has 1 aliphatic heterocycles. The van der Waals surface area contributed by atoms with Crippen molar-refractivity contribution in [1.82, 2.24) is 0 Å². The number of unbranched alkanes of at least 4 members (excludes halogenated alkanes) is 5. The molecule has 1 aromatic rings. The molecular formula is C23H38O3. The summed E-state index contributed by atoms with van der Waals surface area (Å²) in [4.78, 5) is 0. The quantitative estimate of drug-likeness (QED) is 0.575. The van der Waals surface area contributed by atoms with Gasteiger partial charge in [0.1, 0.15) is 0 Å². The normalized spacial score (nSPS) is 20.0. The molecule has 0 spiro atoms. The fourth-order valence-corrected chi connectivity index (χ4v) is 3.37. The van der Waals surface area contributed by atoms with Gasteiger partial charge in [-0.1, -0.05) is 70.2 Å². The number of aryl methyl sites for hydroxylation is 1. The van der Waals surface area contributed by atoms with Gasteiger partial charge in [0.2, 0.25) is 0 Å². The third-order valence-corrected chi connectivity index (χ3v) is 5.57. The van der Waals surface area contributed by atoms with Gasteiger partial charge in [0, 0.05) is 5.41 Å². The molecule has 0 aliphatic carbocycles. The summed E-state index contributed by atoms with van der Waals surface area (Å²) in [6.45, 7) is 9.19. The van der Waals surface area contributed by atoms with E-state index in [0.29, 0.717) is 19.6 Å². The van der Waals surface area contributed by atoms with Crippen LogP contribution >= 0.6 is 0 Å². The van der Waals surface area contributed by atoms with E-state index in [1.807, 2.05) is 20.8 Å². The van der Waals surface area contributed by atoms with Crippen molar-refractivity contribution in [3.63, 3.8) is 0 Å². The highest BCUT2D eigenvalue weighted by Crippen LogP contribution is 2.33. The lowest BCUT2D eigenvalue weighted by Crippen LogP contribution is -2.51. The van der Waals surface area contributed by atoms with Crippen molar-refractivity contribution in [2.45, 2.75) is 91.0 Å². The van der Waals surface area contributed by atoms with Crippen LogP contribution in [0, 0.1) is 5.41 Å². The van der Waals surface area contributed by atoms with Gasteiger partial charge in [0.05, 0.1) is 19.3 Å². The molecule has 1 atom stereocenters. The van der Waals surface area contributed by atoms with Crippen molar-refractivity contribution >= 4 is 0 Å². The number of aliphatic hydroxyl groups is 1. The smallest absolute Gasteiger partial charge is 0.162 e. The molecule has 1 aliphatic rings. The maximum Gasteiger partial charge on any atom is 0.162 e. The van der Waals surface area contributed by atoms with Crippen LogP contribution in [0.25, 0.3) is 0 Å². The molecule has 0 radical (unpaired) electrons. The number of rotatable bonds is 10. The van der Waals surface area contributed by atoms with Gasteiger partial charge >= 0.3 is 0 Å². The molecule has 0 amide bonds. The zero-order valence-electron chi connectivity index (χ0n) is 17.2. The van der Waals surface area contributed by atoms with Crippen LogP contribution in [0.4, 0.5) is 0 Å². The average molecular weight is 363 g/mol. The van der Waals surface area contributed by atoms with Gasteiger partial charge in [0.15, 0.2) is 5.79 Å². The first-order valence-corrected chi connectivity index (χ1v) is 10.4. The molecule has 0 bridgehead atoms. The van der Waals surface area contributed by atoms with E-state index in [4.69, 9.17) is 9.47 Å². The third kappa shape index (κ3) is 6.68. The molecule has 1 aromatic carbocycles. The summed E-state index contributed by atoms with van der Waals surface area (Å²) in [6, 6.07) is 8.75. The lowest BCUT2D eigenvalue weighted by Gasteiger charge is -2.43. The molecule has 3 nitrogen and oxygen atoms in total. The summed E-state index contributed by atoms with van der Waals surface area (Å²) in [5.41, 5.74) is 2.22. The fourth-order valence-electron chi connectivity index (χ4n) is 3.37. The number of aliphatic hydroxyl groups excluding tert-OH is 1. The second kappa shape index (κ2) is 9.87. The minimum Gasteiger partial charge on any atom is -0.392 e. The fraction of sp³-hybridized carbons (Fsp3) is 0.739. The molecule has 148 valence electrons. The number of benzene rings is 1. The predicted octanol–water partition coefficient (Wildman–Crippen LogP) is 5.28. The van der Waals surface area contributed by atoms with Gasteiger partial charge in [-0.15, -0.1) is 0 Å². The first-order chi connectivity index (χ1) is 12.3. The molecule has 1 unspecified atom stereocenters. The second-order valence-corrected chi connectivity index (χ2v) is 8.69. The summed E-state index contributed by atoms with van der Waals surface area (Å²) in [7, 11) is 0. The lowest BCUT2D eigenvalue weighted by atomic mass is 9.82. The molecule has 2 rings (SSSR count). The van der Waals surface area contributed by atoms with Crippen LogP contribution in [0.2, 0.25) is 0 Å². The van der Waals surface area contributed by atoms with Crippen LogP contribution < -0.4 is 0 Å². The van der Waals surface area contributed by atoms with Crippen molar-refractivity contribution in [3.8, 4) is 0 Å². The van der Waals surface area contributed by atoms with Crippen molar-refractivity contribution in [2.24, 2.45) is 5.41 Å². The average Bonchev–Trinajstić information content (AvgIpc) is 2.62. The van der Waals surface area contributed by atoms with E-state index in [2.05, 4.69) is 31.2 Å². The minimum atomic E-state index is -0.544. The van der Waals surface area contributed by atoms with E-state index in [9.17, 15) is 5.11 Å². The van der Waals surface area contributed by atoms with Gasteiger partial charge in [-0.25, -0.2) is 0 Å². The molecule has 1 fully saturated rings. The van der Waals surface area contributed by atoms with E-state index in [-0.39, 0.29) is 5.41 Å². The van der Waals surface area contributed by atoms with E-state index in [1.165, 1.54) is 49.7 Å². The summed E-state index contributed by atoms with van der Waals surface area (Å²) >= 11 is 0. The first-order valence-electron chi connectivity index (χ1n) is 10.4. The minimum absolute atomic E-state index is 0.354. The number of hydrogen-bond donors (Lipinski definition) is 1. The summed E-state index contributed by atoms with van der Waals surface area (Å²) in [6.07, 6.45) is 9.33. The SMILES string of the molecule is CCCCCCCCc1ccc(CC(O)C2(C)COC(C)(C)OC2)cc1. The zero-order chi connectivity index (χ0) is 19.0. The Labute approximate surface area is 160 Å². The molecule has 0 saturated carbocycles. The van der Waals surface area contributed by atoms with Gasteiger partial charge in [-0.05, 0) is 44.2 Å². The van der Waals surface area contributed by atoms with Gasteiger partial charge in [-0.2, -0.15) is 0 Å². The molecule has 1 N–H and O–H groups in total. The topological polar surface area (TPSA) is 38.7 Å². The summed E-state index contributed by atoms with van der Waals surface area (Å²) in [5, 5.41) is 10.7. The summed E-state index contributed by atoms with van der Waals surface area (Å²) in [5.74, 6) is -0.544. The Morgan fingerprint density at radius 3 is 2.04 bits per heavy atom. The highest BCUT2D eigenvalue weighted by Gasteiger charge is 2.41. The van der Waals surface area contributed by atoms with Crippen LogP contribution in [-0.2, 0) is 22.3 Å². The summed E-state index contributed by atoms with van der Waals surface area (Å²) < 4.78 is 11.5. The highest BCUT2D eigenvalue weighted by molar-refractivity contribution is 5.23. The standard InChI is InChI=1S/C23H38O3/c1-5-6-7-8-9-10-11-19-12-14-20(15-13-19)16-21(24)23(4)17-25-22(2,3)26-18-23/h12-15,21,24H,5-11,16-18H2,1-4H3. The van der Waals surface area contributed by atoms with Gasteiger partial charge in [0.25, 0.3) is 0 Å². The molecule has 1 saturated heterocycles. The first kappa shape index (κ1) is 21.4. The second-order valence-electron chi connectivity index (χ2n) is 8.69. The lowest BCUT2D eigenvalue weighted by molar-refractivity contribution is -0.295. The van der Waals surface area contributed by atoms with Crippen LogP contribution in [-0.4, -0.2) is 30.2 Å². The van der Waals surface area contributed by atoms with Crippen molar-refractivity contribution in [3.05, 3.63) is 35.4 Å². The van der Waals surface area contributed by atoms with Crippen LogP contribution in [0.1, 0.15) is 77.3 Å². The number of ether oxygens (including phenoxy) is 2. The largest absolute Gasteiger partial charge is 0.392 e. The predicted molar refractivity (Wildman–Crippen MR) is 107 cm³/mol. The van der Waals surface area contributed by atoms with E-state index >= 15 is 0 Å². The molecule has 3 heteroatoms. The van der Waals surface area contributed by atoms with E-state index < -0.39 is 11.9 Å². The maximum atomic E-state index is 10.7. The van der Waals surface area contributed by atoms with Gasteiger partial charge in [-0.3, -0.25) is 0 Å². The molecule has 26 heavy (non-hydrogen) atoms. The van der Waals surface area contributed by atoms with Crippen molar-refractivity contribution in [1.29, 1.82) is 0 Å². The Kier molecular flexibility index (Phi) is 8.12. The van der Waals surface area contributed by atoms with Gasteiger partial charge < -0.3 is 14.6 Å².